The van der Waals surface area contributed by atoms with E-state index in [1.807, 2.05) is 12.3 Å². The quantitative estimate of drug-likeness (QED) is 0.734. The van der Waals surface area contributed by atoms with Gasteiger partial charge in [-0.1, -0.05) is 37.5 Å². The molecule has 2 nitrogen and oxygen atoms in total. The third-order valence-electron chi connectivity index (χ3n) is 8.16. The molecule has 6 rings (SSSR count). The number of pyridine rings is 1. The summed E-state index contributed by atoms with van der Waals surface area (Å²) in [7, 11) is 0. The van der Waals surface area contributed by atoms with Crippen LogP contribution in [0.3, 0.4) is 0 Å². The van der Waals surface area contributed by atoms with Crippen molar-refractivity contribution in [2.24, 2.45) is 29.1 Å². The minimum Gasteiger partial charge on any atom is -0.299 e. The lowest BCUT2D eigenvalue weighted by molar-refractivity contribution is -0.132. The highest BCUT2D eigenvalue weighted by atomic mass is 16.1. The summed E-state index contributed by atoms with van der Waals surface area (Å²) in [5.41, 5.74) is 2.39. The summed E-state index contributed by atoms with van der Waals surface area (Å²) < 4.78 is 0. The lowest BCUT2D eigenvalue weighted by atomic mass is 9.66. The molecule has 0 spiro atoms. The van der Waals surface area contributed by atoms with Gasteiger partial charge in [-0.2, -0.15) is 0 Å². The Bertz CT molecular complexity index is 885. The number of Topliss-reactive ketones (excluding diaryl/α,β-unsaturated/α-hetero) is 1. The maximum Gasteiger partial charge on any atom is 0.142 e. The highest BCUT2D eigenvalue weighted by Gasteiger charge is 2.59. The predicted molar refractivity (Wildman–Crippen MR) is 103 cm³/mol. The highest BCUT2D eigenvalue weighted by Crippen LogP contribution is 2.64. The Kier molecular flexibility index (Phi) is 3.19. The van der Waals surface area contributed by atoms with Crippen LogP contribution < -0.4 is 0 Å². The molecular formula is C24H27NO. The molecule has 0 aliphatic heterocycles. The number of carbonyl (C=O) groups excluding carboxylic acids is 1. The second kappa shape index (κ2) is 5.41. The Labute approximate surface area is 155 Å². The molecular weight excluding hydrogens is 318 g/mol. The first kappa shape index (κ1) is 15.4. The molecule has 4 saturated carbocycles. The number of ketones is 1. The number of benzene rings is 1. The second-order valence-corrected chi connectivity index (χ2v) is 9.72. The molecule has 6 unspecified atom stereocenters. The topological polar surface area (TPSA) is 30.0 Å². The molecule has 1 heterocycles. The van der Waals surface area contributed by atoms with E-state index in [0.29, 0.717) is 11.7 Å². The molecule has 0 radical (unpaired) electrons. The molecule has 1 aromatic carbocycles. The largest absolute Gasteiger partial charge is 0.299 e. The van der Waals surface area contributed by atoms with Crippen molar-refractivity contribution in [1.29, 1.82) is 0 Å². The van der Waals surface area contributed by atoms with Crippen LogP contribution in [0.5, 0.6) is 0 Å². The SMILES string of the molecule is O=C(C1CC1c1cnc2ccccc2c1)C12CC3CCCC(C1)C(C3)C2. The van der Waals surface area contributed by atoms with Crippen LogP contribution in [0.25, 0.3) is 10.9 Å². The van der Waals surface area contributed by atoms with Crippen LogP contribution in [0.1, 0.15) is 62.8 Å². The molecule has 4 aliphatic rings. The summed E-state index contributed by atoms with van der Waals surface area (Å²) in [6.07, 6.45) is 12.3. The van der Waals surface area contributed by atoms with E-state index in [0.717, 1.165) is 29.7 Å². The number of hydrogen-bond acceptors (Lipinski definition) is 2. The number of fused-ring (bicyclic) bond motifs is 3. The molecule has 4 fully saturated rings. The predicted octanol–water partition coefficient (Wildman–Crippen LogP) is 5.51. The maximum atomic E-state index is 13.6. The van der Waals surface area contributed by atoms with Crippen molar-refractivity contribution in [3.63, 3.8) is 0 Å². The van der Waals surface area contributed by atoms with Gasteiger partial charge in [0.25, 0.3) is 0 Å². The number of carbonyl (C=O) groups is 1. The number of nitrogens with zero attached hydrogens (tertiary/aromatic N) is 1. The van der Waals surface area contributed by atoms with Gasteiger partial charge >= 0.3 is 0 Å². The number of rotatable bonds is 3. The molecule has 1 aromatic heterocycles. The summed E-state index contributed by atoms with van der Waals surface area (Å²) in [6, 6.07) is 10.6. The molecule has 0 saturated heterocycles. The van der Waals surface area contributed by atoms with E-state index in [2.05, 4.69) is 29.2 Å². The first-order chi connectivity index (χ1) is 12.7. The summed E-state index contributed by atoms with van der Waals surface area (Å²) in [5, 5.41) is 1.20. The molecule has 0 N–H and O–H groups in total. The van der Waals surface area contributed by atoms with E-state index < -0.39 is 0 Å². The first-order valence-electron chi connectivity index (χ1n) is 10.6. The van der Waals surface area contributed by atoms with Crippen molar-refractivity contribution in [3.8, 4) is 0 Å². The smallest absolute Gasteiger partial charge is 0.142 e. The first-order valence-corrected chi connectivity index (χ1v) is 10.6. The second-order valence-electron chi connectivity index (χ2n) is 9.72. The molecule has 26 heavy (non-hydrogen) atoms. The fraction of sp³-hybridized carbons (Fsp3) is 0.583. The third kappa shape index (κ3) is 2.23. The van der Waals surface area contributed by atoms with Crippen LogP contribution >= 0.6 is 0 Å². The fourth-order valence-electron chi connectivity index (χ4n) is 6.99. The average Bonchev–Trinajstić information content (AvgIpc) is 3.42. The molecule has 4 aliphatic carbocycles. The Morgan fingerprint density at radius 3 is 2.88 bits per heavy atom. The molecule has 6 atom stereocenters. The summed E-state index contributed by atoms with van der Waals surface area (Å²) in [5.74, 6) is 3.88. The van der Waals surface area contributed by atoms with Gasteiger partial charge in [-0.25, -0.2) is 0 Å². The third-order valence-corrected chi connectivity index (χ3v) is 8.16. The maximum absolute atomic E-state index is 13.6. The molecule has 3 bridgehead atoms. The van der Waals surface area contributed by atoms with Crippen LogP contribution in [0.4, 0.5) is 0 Å². The lowest BCUT2D eigenvalue weighted by Gasteiger charge is -2.37. The summed E-state index contributed by atoms with van der Waals surface area (Å²) in [4.78, 5) is 18.2. The van der Waals surface area contributed by atoms with Gasteiger partial charge in [0.2, 0.25) is 0 Å². The van der Waals surface area contributed by atoms with Gasteiger partial charge in [0.05, 0.1) is 5.52 Å². The van der Waals surface area contributed by atoms with Crippen molar-refractivity contribution >= 4 is 16.7 Å². The van der Waals surface area contributed by atoms with Crippen LogP contribution in [0.15, 0.2) is 36.5 Å². The minimum absolute atomic E-state index is 0.0579. The summed E-state index contributed by atoms with van der Waals surface area (Å²) in [6.45, 7) is 0. The average molecular weight is 345 g/mol. The normalized spacial score (nSPS) is 40.5. The number of hydrogen-bond donors (Lipinski definition) is 0. The molecule has 134 valence electrons. The van der Waals surface area contributed by atoms with E-state index in [4.69, 9.17) is 0 Å². The minimum atomic E-state index is 0.0579. The van der Waals surface area contributed by atoms with Gasteiger partial charge in [0, 0.05) is 22.9 Å². The number of para-hydroxylation sites is 1. The van der Waals surface area contributed by atoms with E-state index in [1.54, 1.807) is 0 Å². The molecule has 0 amide bonds. The van der Waals surface area contributed by atoms with Crippen molar-refractivity contribution in [1.82, 2.24) is 4.98 Å². The van der Waals surface area contributed by atoms with Gasteiger partial charge < -0.3 is 0 Å². The van der Waals surface area contributed by atoms with E-state index in [-0.39, 0.29) is 11.3 Å². The van der Waals surface area contributed by atoms with E-state index >= 15 is 0 Å². The van der Waals surface area contributed by atoms with Crippen LogP contribution in [-0.4, -0.2) is 10.8 Å². The monoisotopic (exact) mass is 345 g/mol. The van der Waals surface area contributed by atoms with Gasteiger partial charge in [0.15, 0.2) is 0 Å². The van der Waals surface area contributed by atoms with Gasteiger partial charge in [-0.15, -0.1) is 0 Å². The fourth-order valence-corrected chi connectivity index (χ4v) is 6.99. The van der Waals surface area contributed by atoms with Gasteiger partial charge in [-0.3, -0.25) is 9.78 Å². The molecule has 2 aromatic rings. The standard InChI is InChI=1S/C24H27NO/c26-23(24-11-15-4-3-6-17(12-24)18(8-15)13-24)21-10-20(21)19-9-16-5-1-2-7-22(16)25-14-19/h1-2,5,7,9,14-15,17-18,20-21H,3-4,6,8,10-13H2. The zero-order valence-electron chi connectivity index (χ0n) is 15.4. The van der Waals surface area contributed by atoms with Gasteiger partial charge in [-0.05, 0) is 73.5 Å². The zero-order valence-corrected chi connectivity index (χ0v) is 15.4. The Morgan fingerprint density at radius 2 is 1.92 bits per heavy atom. The zero-order chi connectivity index (χ0) is 17.3. The van der Waals surface area contributed by atoms with Crippen molar-refractivity contribution in [3.05, 3.63) is 42.1 Å². The van der Waals surface area contributed by atoms with Crippen LogP contribution in [0, 0.1) is 29.1 Å². The Hall–Kier alpha value is -1.70. The Morgan fingerprint density at radius 1 is 1.04 bits per heavy atom. The van der Waals surface area contributed by atoms with E-state index in [9.17, 15) is 4.79 Å². The van der Waals surface area contributed by atoms with Crippen LogP contribution in [-0.2, 0) is 4.79 Å². The van der Waals surface area contributed by atoms with Crippen molar-refractivity contribution < 1.29 is 4.79 Å². The summed E-state index contributed by atoms with van der Waals surface area (Å²) >= 11 is 0. The van der Waals surface area contributed by atoms with Crippen LogP contribution in [0.2, 0.25) is 0 Å². The van der Waals surface area contributed by atoms with Crippen molar-refractivity contribution in [2.45, 2.75) is 57.3 Å². The van der Waals surface area contributed by atoms with Crippen molar-refractivity contribution in [2.75, 3.05) is 0 Å². The Balaban J connectivity index is 1.26. The lowest BCUT2D eigenvalue weighted by Crippen LogP contribution is -2.36. The van der Waals surface area contributed by atoms with Gasteiger partial charge in [0.1, 0.15) is 5.78 Å². The number of aromatic nitrogens is 1. The molecule has 2 heteroatoms. The highest BCUT2D eigenvalue weighted by molar-refractivity contribution is 5.91. The van der Waals surface area contributed by atoms with E-state index in [1.165, 1.54) is 55.9 Å².